The summed E-state index contributed by atoms with van der Waals surface area (Å²) in [7, 11) is 0. The Bertz CT molecular complexity index is 267. The van der Waals surface area contributed by atoms with E-state index in [1.807, 2.05) is 0 Å². The summed E-state index contributed by atoms with van der Waals surface area (Å²) >= 11 is 0. The second kappa shape index (κ2) is 2.71. The molecule has 0 aliphatic rings. The summed E-state index contributed by atoms with van der Waals surface area (Å²) in [4.78, 5) is 13.8. The van der Waals surface area contributed by atoms with Crippen molar-refractivity contribution in [3.8, 4) is 0 Å². The van der Waals surface area contributed by atoms with Gasteiger partial charge in [0, 0.05) is 6.92 Å². The molecule has 0 radical (unpaired) electrons. The highest BCUT2D eigenvalue weighted by Crippen LogP contribution is 2.12. The van der Waals surface area contributed by atoms with Crippen LogP contribution in [0.15, 0.2) is 10.6 Å². The minimum Gasteiger partial charge on any atom is -0.479 e. The number of aryl methyl sites for hydroxylation is 1. The van der Waals surface area contributed by atoms with E-state index in [1.54, 1.807) is 6.92 Å². The lowest BCUT2D eigenvalue weighted by Crippen LogP contribution is -2.09. The van der Waals surface area contributed by atoms with E-state index >= 15 is 0 Å². The highest BCUT2D eigenvalue weighted by molar-refractivity contribution is 5.72. The number of aliphatic hydroxyl groups excluding tert-OH is 1. The lowest BCUT2D eigenvalue weighted by atomic mass is 10.3. The zero-order valence-corrected chi connectivity index (χ0v) is 5.81. The molecule has 0 aliphatic carbocycles. The monoisotopic (exact) mass is 157 g/mol. The first-order valence-electron chi connectivity index (χ1n) is 2.94. The number of oxazole rings is 1. The largest absolute Gasteiger partial charge is 0.479 e. The molecule has 0 saturated heterocycles. The van der Waals surface area contributed by atoms with Gasteiger partial charge in [-0.2, -0.15) is 0 Å². The van der Waals surface area contributed by atoms with Crippen molar-refractivity contribution in [3.05, 3.63) is 17.8 Å². The molecule has 0 amide bonds. The lowest BCUT2D eigenvalue weighted by Gasteiger charge is -1.97. The quantitative estimate of drug-likeness (QED) is 0.636. The van der Waals surface area contributed by atoms with E-state index in [-0.39, 0.29) is 5.76 Å². The maximum absolute atomic E-state index is 10.2. The molecule has 1 aromatic rings. The van der Waals surface area contributed by atoms with Crippen LogP contribution in [0.2, 0.25) is 0 Å². The van der Waals surface area contributed by atoms with E-state index < -0.39 is 12.1 Å². The van der Waals surface area contributed by atoms with Gasteiger partial charge >= 0.3 is 5.97 Å². The maximum Gasteiger partial charge on any atom is 0.340 e. The number of nitrogens with zero attached hydrogens (tertiary/aromatic N) is 1. The van der Waals surface area contributed by atoms with E-state index in [4.69, 9.17) is 14.6 Å². The van der Waals surface area contributed by atoms with Crippen molar-refractivity contribution in [2.45, 2.75) is 13.0 Å². The van der Waals surface area contributed by atoms with Crippen LogP contribution >= 0.6 is 0 Å². The predicted octanol–water partition coefficient (Wildman–Crippen LogP) is 0.101. The van der Waals surface area contributed by atoms with Crippen molar-refractivity contribution >= 4 is 5.97 Å². The molecule has 0 aliphatic heterocycles. The Labute approximate surface area is 62.3 Å². The van der Waals surface area contributed by atoms with E-state index in [2.05, 4.69) is 4.98 Å². The second-order valence-electron chi connectivity index (χ2n) is 2.02. The molecule has 1 rings (SSSR count). The first-order chi connectivity index (χ1) is 5.11. The number of rotatable bonds is 2. The molecule has 60 valence electrons. The van der Waals surface area contributed by atoms with Crippen LogP contribution in [0.3, 0.4) is 0 Å². The highest BCUT2D eigenvalue weighted by atomic mass is 16.4. The van der Waals surface area contributed by atoms with Crippen LogP contribution in [0.4, 0.5) is 0 Å². The fourth-order valence-corrected chi connectivity index (χ4v) is 0.626. The van der Waals surface area contributed by atoms with Gasteiger partial charge in [0.15, 0.2) is 11.7 Å². The SMILES string of the molecule is Cc1ncc(C(O)C(=O)O)o1. The summed E-state index contributed by atoms with van der Waals surface area (Å²) in [5.41, 5.74) is 0. The Hall–Kier alpha value is -1.36. The number of carbonyl (C=O) groups is 1. The van der Waals surface area contributed by atoms with Crippen LogP contribution < -0.4 is 0 Å². The molecule has 1 atom stereocenters. The molecule has 0 bridgehead atoms. The van der Waals surface area contributed by atoms with Gasteiger partial charge in [-0.05, 0) is 0 Å². The summed E-state index contributed by atoms with van der Waals surface area (Å²) < 4.78 is 4.76. The fourth-order valence-electron chi connectivity index (χ4n) is 0.626. The minimum absolute atomic E-state index is 0.0463. The average molecular weight is 157 g/mol. The van der Waals surface area contributed by atoms with Gasteiger partial charge in [-0.3, -0.25) is 0 Å². The van der Waals surface area contributed by atoms with Crippen molar-refractivity contribution in [1.82, 2.24) is 4.98 Å². The summed E-state index contributed by atoms with van der Waals surface area (Å²) in [6.07, 6.45) is -0.426. The van der Waals surface area contributed by atoms with Gasteiger partial charge in [0.05, 0.1) is 6.20 Å². The number of carboxylic acid groups (broad SMARTS) is 1. The van der Waals surface area contributed by atoms with Crippen molar-refractivity contribution in [1.29, 1.82) is 0 Å². The van der Waals surface area contributed by atoms with Crippen LogP contribution in [0.1, 0.15) is 17.8 Å². The summed E-state index contributed by atoms with van der Waals surface area (Å²) in [5.74, 6) is -1.06. The average Bonchev–Trinajstić information content (AvgIpc) is 2.34. The van der Waals surface area contributed by atoms with Gasteiger partial charge in [-0.1, -0.05) is 0 Å². The van der Waals surface area contributed by atoms with Crippen molar-refractivity contribution in [3.63, 3.8) is 0 Å². The van der Waals surface area contributed by atoms with Gasteiger partial charge in [0.1, 0.15) is 0 Å². The topological polar surface area (TPSA) is 83.6 Å². The zero-order chi connectivity index (χ0) is 8.43. The first kappa shape index (κ1) is 7.74. The van der Waals surface area contributed by atoms with Gasteiger partial charge in [-0.15, -0.1) is 0 Å². The Kier molecular flexibility index (Phi) is 1.91. The standard InChI is InChI=1S/C6H7NO4/c1-3-7-2-4(11-3)5(8)6(9)10/h2,5,8H,1H3,(H,9,10). The molecule has 2 N–H and O–H groups in total. The molecule has 1 unspecified atom stereocenters. The first-order valence-corrected chi connectivity index (χ1v) is 2.94. The number of aliphatic hydroxyl groups is 1. The van der Waals surface area contributed by atoms with Crippen LogP contribution in [0.5, 0.6) is 0 Å². The van der Waals surface area contributed by atoms with Crippen LogP contribution in [-0.4, -0.2) is 21.2 Å². The third-order valence-electron chi connectivity index (χ3n) is 1.14. The number of hydrogen-bond acceptors (Lipinski definition) is 4. The molecular weight excluding hydrogens is 150 g/mol. The Morgan fingerprint density at radius 3 is 2.82 bits per heavy atom. The molecule has 0 aromatic carbocycles. The predicted molar refractivity (Wildman–Crippen MR) is 33.8 cm³/mol. The Balaban J connectivity index is 2.84. The third-order valence-corrected chi connectivity index (χ3v) is 1.14. The van der Waals surface area contributed by atoms with Gasteiger partial charge < -0.3 is 14.6 Å². The van der Waals surface area contributed by atoms with E-state index in [0.29, 0.717) is 5.89 Å². The highest BCUT2D eigenvalue weighted by Gasteiger charge is 2.19. The smallest absolute Gasteiger partial charge is 0.340 e. The fraction of sp³-hybridized carbons (Fsp3) is 0.333. The Morgan fingerprint density at radius 2 is 2.45 bits per heavy atom. The maximum atomic E-state index is 10.2. The number of aliphatic carboxylic acids is 1. The van der Waals surface area contributed by atoms with Crippen LogP contribution in [-0.2, 0) is 4.79 Å². The molecule has 1 aromatic heterocycles. The van der Waals surface area contributed by atoms with Crippen LogP contribution in [0.25, 0.3) is 0 Å². The van der Waals surface area contributed by atoms with E-state index in [1.165, 1.54) is 6.20 Å². The molecular formula is C6H7NO4. The third kappa shape index (κ3) is 1.56. The van der Waals surface area contributed by atoms with E-state index in [0.717, 1.165) is 0 Å². The van der Waals surface area contributed by atoms with Gasteiger partial charge in [0.25, 0.3) is 0 Å². The van der Waals surface area contributed by atoms with Gasteiger partial charge in [-0.25, -0.2) is 9.78 Å². The summed E-state index contributed by atoms with van der Waals surface area (Å²) in [6.45, 7) is 1.57. The van der Waals surface area contributed by atoms with Gasteiger partial charge in [0.2, 0.25) is 6.10 Å². The van der Waals surface area contributed by atoms with Crippen molar-refractivity contribution in [2.75, 3.05) is 0 Å². The number of aromatic nitrogens is 1. The lowest BCUT2D eigenvalue weighted by molar-refractivity contribution is -0.147. The molecule has 5 heteroatoms. The number of hydrogen-bond donors (Lipinski definition) is 2. The minimum atomic E-state index is -1.61. The van der Waals surface area contributed by atoms with Crippen molar-refractivity contribution in [2.24, 2.45) is 0 Å². The number of carboxylic acids is 1. The summed E-state index contributed by atoms with van der Waals surface area (Å²) in [6, 6.07) is 0. The zero-order valence-electron chi connectivity index (χ0n) is 5.81. The molecule has 11 heavy (non-hydrogen) atoms. The molecule has 0 saturated carbocycles. The van der Waals surface area contributed by atoms with Crippen molar-refractivity contribution < 1.29 is 19.4 Å². The second-order valence-corrected chi connectivity index (χ2v) is 2.02. The van der Waals surface area contributed by atoms with Crippen LogP contribution in [0, 0.1) is 6.92 Å². The molecule has 0 spiro atoms. The van der Waals surface area contributed by atoms with E-state index in [9.17, 15) is 4.79 Å². The Morgan fingerprint density at radius 1 is 1.82 bits per heavy atom. The normalized spacial score (nSPS) is 12.9. The summed E-state index contributed by atoms with van der Waals surface area (Å²) in [5, 5.41) is 17.2. The molecule has 5 nitrogen and oxygen atoms in total. The molecule has 0 fully saturated rings. The molecule has 1 heterocycles.